The van der Waals surface area contributed by atoms with Gasteiger partial charge in [0.2, 0.25) is 0 Å². The first-order valence-corrected chi connectivity index (χ1v) is 9.50. The lowest BCUT2D eigenvalue weighted by molar-refractivity contribution is -0.134. The predicted octanol–water partition coefficient (Wildman–Crippen LogP) is 3.91. The number of rotatable bonds is 7. The molecule has 0 N–H and O–H groups in total. The molecule has 0 saturated carbocycles. The first-order valence-electron chi connectivity index (χ1n) is 6.59. The molecule has 0 fully saturated rings. The monoisotopic (exact) mass is 272 g/mol. The van der Waals surface area contributed by atoms with Gasteiger partial charge in [0.25, 0.3) is 0 Å². The van der Waals surface area contributed by atoms with E-state index in [1.54, 1.807) is 0 Å². The summed E-state index contributed by atoms with van der Waals surface area (Å²) in [4.78, 5) is 10.8. The van der Waals surface area contributed by atoms with Crippen LogP contribution >= 0.6 is 0 Å². The number of carbonyl (C=O) groups excluding carboxylic acids is 1. The molecule has 3 nitrogen and oxygen atoms in total. The molecule has 0 aromatic heterocycles. The van der Waals surface area contributed by atoms with Crippen molar-refractivity contribution in [3.05, 3.63) is 12.2 Å². The van der Waals surface area contributed by atoms with Crippen LogP contribution in [-0.4, -0.2) is 28.0 Å². The maximum Gasteiger partial charge on any atom is 0.330 e. The molecule has 0 heterocycles. The Morgan fingerprint density at radius 1 is 1.22 bits per heavy atom. The van der Waals surface area contributed by atoms with Crippen LogP contribution in [0.3, 0.4) is 0 Å². The van der Waals surface area contributed by atoms with Crippen molar-refractivity contribution < 1.29 is 14.0 Å². The van der Waals surface area contributed by atoms with Crippen LogP contribution in [-0.2, 0) is 14.0 Å². The molecule has 0 bridgehead atoms. The molecule has 0 aliphatic heterocycles. The van der Waals surface area contributed by atoms with Crippen LogP contribution in [0.2, 0.25) is 18.1 Å². The van der Waals surface area contributed by atoms with Gasteiger partial charge in [-0.2, -0.15) is 0 Å². The van der Waals surface area contributed by atoms with Gasteiger partial charge in [0.05, 0.1) is 7.11 Å². The zero-order valence-electron chi connectivity index (χ0n) is 12.7. The third-order valence-corrected chi connectivity index (χ3v) is 8.03. The van der Waals surface area contributed by atoms with Gasteiger partial charge in [0, 0.05) is 12.7 Å². The molecule has 0 aliphatic rings. The molecule has 0 atom stereocenters. The Kier molecular flexibility index (Phi) is 7.48. The molecule has 0 aromatic rings. The van der Waals surface area contributed by atoms with Crippen LogP contribution in [0, 0.1) is 0 Å². The summed E-state index contributed by atoms with van der Waals surface area (Å²) in [5, 5.41) is 0.276. The van der Waals surface area contributed by atoms with Crippen molar-refractivity contribution in [3.63, 3.8) is 0 Å². The van der Waals surface area contributed by atoms with Crippen molar-refractivity contribution in [2.24, 2.45) is 0 Å². The minimum absolute atomic E-state index is 0.276. The molecule has 0 aliphatic carbocycles. The lowest BCUT2D eigenvalue weighted by Crippen LogP contribution is -2.40. The minimum atomic E-state index is -1.59. The number of unbranched alkanes of at least 4 members (excludes halogenated alkanes) is 2. The van der Waals surface area contributed by atoms with Crippen molar-refractivity contribution in [2.75, 3.05) is 13.7 Å². The van der Waals surface area contributed by atoms with Gasteiger partial charge in [0.15, 0.2) is 8.32 Å². The molecular formula is C14H28O3Si. The molecule has 0 saturated heterocycles. The van der Waals surface area contributed by atoms with Crippen LogP contribution in [0.4, 0.5) is 0 Å². The summed E-state index contributed by atoms with van der Waals surface area (Å²) in [5.74, 6) is -0.285. The summed E-state index contributed by atoms with van der Waals surface area (Å²) >= 11 is 0. The number of ether oxygens (including phenoxy) is 1. The molecule has 106 valence electrons. The molecule has 0 unspecified atom stereocenters. The highest BCUT2D eigenvalue weighted by Crippen LogP contribution is 2.36. The fraction of sp³-hybridized carbons (Fsp3) is 0.786. The highest BCUT2D eigenvalue weighted by molar-refractivity contribution is 6.74. The molecule has 0 spiro atoms. The summed E-state index contributed by atoms with van der Waals surface area (Å²) in [7, 11) is -0.201. The number of methoxy groups -OCH3 is 1. The van der Waals surface area contributed by atoms with E-state index in [1.165, 1.54) is 13.2 Å². The Balaban J connectivity index is 3.70. The first kappa shape index (κ1) is 17.4. The zero-order chi connectivity index (χ0) is 14.2. The van der Waals surface area contributed by atoms with E-state index in [0.717, 1.165) is 25.9 Å². The van der Waals surface area contributed by atoms with Crippen molar-refractivity contribution >= 4 is 14.3 Å². The van der Waals surface area contributed by atoms with Crippen molar-refractivity contribution in [1.82, 2.24) is 0 Å². The molecule has 18 heavy (non-hydrogen) atoms. The fourth-order valence-electron chi connectivity index (χ4n) is 1.16. The quantitative estimate of drug-likeness (QED) is 0.305. The average molecular weight is 272 g/mol. The van der Waals surface area contributed by atoms with Gasteiger partial charge in [-0.15, -0.1) is 0 Å². The fourth-order valence-corrected chi connectivity index (χ4v) is 2.24. The maximum atomic E-state index is 10.8. The Morgan fingerprint density at radius 2 is 1.83 bits per heavy atom. The molecule has 0 rings (SSSR count). The van der Waals surface area contributed by atoms with E-state index in [1.807, 2.05) is 6.08 Å². The van der Waals surface area contributed by atoms with Gasteiger partial charge in [-0.05, 0) is 37.4 Å². The number of hydrogen-bond acceptors (Lipinski definition) is 3. The maximum absolute atomic E-state index is 10.8. The highest BCUT2D eigenvalue weighted by Gasteiger charge is 2.36. The van der Waals surface area contributed by atoms with E-state index in [4.69, 9.17) is 4.43 Å². The normalized spacial score (nSPS) is 13.0. The smallest absolute Gasteiger partial charge is 0.330 e. The van der Waals surface area contributed by atoms with E-state index in [-0.39, 0.29) is 11.0 Å². The number of allylic oxidation sites excluding steroid dienone is 1. The average Bonchev–Trinajstić information content (AvgIpc) is 2.25. The predicted molar refractivity (Wildman–Crippen MR) is 78.2 cm³/mol. The second kappa shape index (κ2) is 7.74. The SMILES string of the molecule is COC(=O)/C=C/CCCCO[Si](C)(C)C(C)(C)C. The van der Waals surface area contributed by atoms with E-state index >= 15 is 0 Å². The lowest BCUT2D eigenvalue weighted by atomic mass is 10.2. The van der Waals surface area contributed by atoms with Crippen LogP contribution in [0.25, 0.3) is 0 Å². The third kappa shape index (κ3) is 6.96. The topological polar surface area (TPSA) is 35.5 Å². The summed E-state index contributed by atoms with van der Waals surface area (Å²) in [6, 6.07) is 0. The number of hydrogen-bond donors (Lipinski definition) is 0. The van der Waals surface area contributed by atoms with Crippen molar-refractivity contribution in [1.29, 1.82) is 0 Å². The number of carbonyl (C=O) groups is 1. The second-order valence-electron chi connectivity index (χ2n) is 6.03. The van der Waals surface area contributed by atoms with Crippen molar-refractivity contribution in [2.45, 2.75) is 58.2 Å². The summed E-state index contributed by atoms with van der Waals surface area (Å²) in [6.07, 6.45) is 6.32. The Morgan fingerprint density at radius 3 is 2.33 bits per heavy atom. The van der Waals surface area contributed by atoms with E-state index in [9.17, 15) is 4.79 Å². The second-order valence-corrected chi connectivity index (χ2v) is 10.8. The summed E-state index contributed by atoms with van der Waals surface area (Å²) < 4.78 is 10.6. The number of esters is 1. The Labute approximate surface area is 113 Å². The van der Waals surface area contributed by atoms with Gasteiger partial charge < -0.3 is 9.16 Å². The molecule has 4 heteroatoms. The Bertz CT molecular complexity index is 277. The van der Waals surface area contributed by atoms with Crippen LogP contribution < -0.4 is 0 Å². The lowest BCUT2D eigenvalue weighted by Gasteiger charge is -2.36. The molecular weight excluding hydrogens is 244 g/mol. The Hall–Kier alpha value is -0.613. The minimum Gasteiger partial charge on any atom is -0.466 e. The zero-order valence-corrected chi connectivity index (χ0v) is 13.7. The summed E-state index contributed by atoms with van der Waals surface area (Å²) in [6.45, 7) is 12.1. The van der Waals surface area contributed by atoms with Gasteiger partial charge in [-0.1, -0.05) is 26.8 Å². The largest absolute Gasteiger partial charge is 0.466 e. The third-order valence-electron chi connectivity index (χ3n) is 3.49. The van der Waals surface area contributed by atoms with Gasteiger partial charge in [-0.25, -0.2) is 4.79 Å². The van der Waals surface area contributed by atoms with E-state index in [2.05, 4.69) is 38.6 Å². The molecule has 0 aromatic carbocycles. The first-order chi connectivity index (χ1) is 8.20. The highest BCUT2D eigenvalue weighted by atomic mass is 28.4. The van der Waals surface area contributed by atoms with E-state index < -0.39 is 8.32 Å². The van der Waals surface area contributed by atoms with Gasteiger partial charge >= 0.3 is 5.97 Å². The molecule has 0 radical (unpaired) electrons. The van der Waals surface area contributed by atoms with Crippen molar-refractivity contribution in [3.8, 4) is 0 Å². The van der Waals surface area contributed by atoms with Crippen LogP contribution in [0.1, 0.15) is 40.0 Å². The van der Waals surface area contributed by atoms with E-state index in [0.29, 0.717) is 0 Å². The van der Waals surface area contributed by atoms with Gasteiger partial charge in [-0.3, -0.25) is 0 Å². The van der Waals surface area contributed by atoms with Crippen LogP contribution in [0.5, 0.6) is 0 Å². The van der Waals surface area contributed by atoms with Crippen LogP contribution in [0.15, 0.2) is 12.2 Å². The van der Waals surface area contributed by atoms with Gasteiger partial charge in [0.1, 0.15) is 0 Å². The summed E-state index contributed by atoms with van der Waals surface area (Å²) in [5.41, 5.74) is 0. The molecule has 0 amide bonds. The standard InChI is InChI=1S/C14H28O3Si/c1-14(2,3)18(5,6)17-12-10-8-7-9-11-13(15)16-4/h9,11H,7-8,10,12H2,1-6H3/b11-9+.